The molecule has 0 amide bonds. The van der Waals surface area contributed by atoms with E-state index < -0.39 is 0 Å². The predicted octanol–water partition coefficient (Wildman–Crippen LogP) is 2.90. The third kappa shape index (κ3) is 2.11. The smallest absolute Gasteiger partial charge is 0.195 e. The van der Waals surface area contributed by atoms with Crippen LogP contribution in [0.15, 0.2) is 18.2 Å². The Labute approximate surface area is 110 Å². The van der Waals surface area contributed by atoms with E-state index >= 15 is 0 Å². The quantitative estimate of drug-likeness (QED) is 0.838. The highest BCUT2D eigenvalue weighted by Crippen LogP contribution is 2.32. The van der Waals surface area contributed by atoms with Crippen molar-refractivity contribution in [3.63, 3.8) is 0 Å². The summed E-state index contributed by atoms with van der Waals surface area (Å²) >= 11 is 5.19. The van der Waals surface area contributed by atoms with Crippen LogP contribution in [0.2, 0.25) is 0 Å². The summed E-state index contributed by atoms with van der Waals surface area (Å²) in [5.41, 5.74) is 0.593. The average Bonchev–Trinajstić information content (AvgIpc) is 2.72. The van der Waals surface area contributed by atoms with E-state index in [1.54, 1.807) is 25.3 Å². The minimum absolute atomic E-state index is 0.145. The number of phenols is 1. The fourth-order valence-corrected chi connectivity index (χ4v) is 2.14. The Morgan fingerprint density at radius 3 is 2.78 bits per heavy atom. The van der Waals surface area contributed by atoms with Crippen molar-refractivity contribution in [2.24, 2.45) is 0 Å². The van der Waals surface area contributed by atoms with Gasteiger partial charge in [-0.15, -0.1) is 0 Å². The normalized spacial score (nSPS) is 10.9. The molecule has 96 valence electrons. The van der Waals surface area contributed by atoms with Crippen LogP contribution in [0.1, 0.15) is 19.9 Å². The van der Waals surface area contributed by atoms with Gasteiger partial charge in [0, 0.05) is 6.04 Å². The number of aromatic amines is 1. The van der Waals surface area contributed by atoms with Crippen LogP contribution in [0.4, 0.5) is 0 Å². The van der Waals surface area contributed by atoms with Crippen molar-refractivity contribution in [2.75, 3.05) is 7.11 Å². The number of rotatable bonds is 3. The summed E-state index contributed by atoms with van der Waals surface area (Å²) < 4.78 is 7.53. The number of nitrogens with one attached hydrogen (secondary N) is 1. The van der Waals surface area contributed by atoms with Gasteiger partial charge in [-0.05, 0) is 44.3 Å². The maximum Gasteiger partial charge on any atom is 0.195 e. The van der Waals surface area contributed by atoms with Gasteiger partial charge in [-0.2, -0.15) is 5.10 Å². The van der Waals surface area contributed by atoms with Crippen LogP contribution in [0, 0.1) is 4.77 Å². The lowest BCUT2D eigenvalue weighted by Gasteiger charge is -2.12. The van der Waals surface area contributed by atoms with Gasteiger partial charge in [0.1, 0.15) is 11.5 Å². The van der Waals surface area contributed by atoms with E-state index in [4.69, 9.17) is 17.0 Å². The molecule has 2 aromatic rings. The van der Waals surface area contributed by atoms with Crippen molar-refractivity contribution in [1.29, 1.82) is 0 Å². The minimum atomic E-state index is 0.145. The van der Waals surface area contributed by atoms with E-state index in [-0.39, 0.29) is 11.8 Å². The van der Waals surface area contributed by atoms with Gasteiger partial charge in [-0.3, -0.25) is 9.67 Å². The molecule has 2 N–H and O–H groups in total. The number of phenolic OH excluding ortho intramolecular Hbond substituents is 1. The Balaban J connectivity index is 2.65. The fraction of sp³-hybridized carbons (Fsp3) is 0.333. The third-order valence-corrected chi connectivity index (χ3v) is 2.95. The number of H-pyrrole nitrogens is 1. The highest BCUT2D eigenvalue weighted by atomic mass is 32.1. The van der Waals surface area contributed by atoms with Gasteiger partial charge in [0.05, 0.1) is 12.7 Å². The molecule has 1 aromatic carbocycles. The molecule has 0 radical (unpaired) electrons. The second-order valence-corrected chi connectivity index (χ2v) is 4.59. The zero-order valence-electron chi connectivity index (χ0n) is 10.5. The molecule has 18 heavy (non-hydrogen) atoms. The predicted molar refractivity (Wildman–Crippen MR) is 71.4 cm³/mol. The van der Waals surface area contributed by atoms with E-state index in [2.05, 4.69) is 10.2 Å². The van der Waals surface area contributed by atoms with Gasteiger partial charge in [0.25, 0.3) is 0 Å². The van der Waals surface area contributed by atoms with Crippen molar-refractivity contribution in [3.05, 3.63) is 23.0 Å². The Kier molecular flexibility index (Phi) is 3.38. The van der Waals surface area contributed by atoms with E-state index in [9.17, 15) is 5.11 Å². The lowest BCUT2D eigenvalue weighted by Crippen LogP contribution is -2.03. The molecule has 0 aliphatic carbocycles. The van der Waals surface area contributed by atoms with Gasteiger partial charge in [-0.1, -0.05) is 0 Å². The molecule has 0 saturated heterocycles. The van der Waals surface area contributed by atoms with Crippen LogP contribution in [-0.4, -0.2) is 27.0 Å². The van der Waals surface area contributed by atoms with Crippen LogP contribution in [0.3, 0.4) is 0 Å². The number of hydrogen-bond acceptors (Lipinski definition) is 4. The second-order valence-electron chi connectivity index (χ2n) is 4.20. The first-order valence-electron chi connectivity index (χ1n) is 5.59. The van der Waals surface area contributed by atoms with E-state index in [1.807, 2.05) is 18.4 Å². The largest absolute Gasteiger partial charge is 0.507 e. The lowest BCUT2D eigenvalue weighted by molar-refractivity contribution is 0.412. The minimum Gasteiger partial charge on any atom is -0.507 e. The molecular formula is C12H15N3O2S. The molecule has 0 spiro atoms. The molecule has 5 nitrogen and oxygen atoms in total. The number of methoxy groups -OCH3 is 1. The molecule has 0 saturated carbocycles. The van der Waals surface area contributed by atoms with E-state index in [0.29, 0.717) is 21.9 Å². The average molecular weight is 265 g/mol. The molecule has 0 unspecified atom stereocenters. The molecule has 0 fully saturated rings. The first-order valence-corrected chi connectivity index (χ1v) is 5.99. The van der Waals surface area contributed by atoms with Crippen molar-refractivity contribution < 1.29 is 9.84 Å². The summed E-state index contributed by atoms with van der Waals surface area (Å²) in [6.45, 7) is 4.01. The SMILES string of the molecule is COc1ccc(O)c(-c2n[nH]c(=S)n2C(C)C)c1. The molecule has 0 bridgehead atoms. The number of ether oxygens (including phenoxy) is 1. The van der Waals surface area contributed by atoms with Crippen LogP contribution >= 0.6 is 12.2 Å². The third-order valence-electron chi connectivity index (χ3n) is 2.67. The van der Waals surface area contributed by atoms with Gasteiger partial charge in [0.2, 0.25) is 0 Å². The molecule has 1 aromatic heterocycles. The molecule has 6 heteroatoms. The topological polar surface area (TPSA) is 63.1 Å². The Hall–Kier alpha value is -1.82. The van der Waals surface area contributed by atoms with Gasteiger partial charge >= 0.3 is 0 Å². The molecule has 0 aliphatic heterocycles. The first kappa shape index (κ1) is 12.6. The van der Waals surface area contributed by atoms with Crippen LogP contribution in [0.25, 0.3) is 11.4 Å². The highest BCUT2D eigenvalue weighted by molar-refractivity contribution is 7.71. The van der Waals surface area contributed by atoms with Crippen LogP contribution < -0.4 is 4.74 Å². The summed E-state index contributed by atoms with van der Waals surface area (Å²) in [4.78, 5) is 0. The number of hydrogen-bond donors (Lipinski definition) is 2. The maximum absolute atomic E-state index is 9.94. The number of aromatic nitrogens is 3. The Morgan fingerprint density at radius 2 is 2.17 bits per heavy atom. The van der Waals surface area contributed by atoms with Crippen molar-refractivity contribution >= 4 is 12.2 Å². The maximum atomic E-state index is 9.94. The highest BCUT2D eigenvalue weighted by Gasteiger charge is 2.15. The fourth-order valence-electron chi connectivity index (χ4n) is 1.79. The zero-order chi connectivity index (χ0) is 13.3. The van der Waals surface area contributed by atoms with E-state index in [1.165, 1.54) is 0 Å². The molecule has 2 rings (SSSR count). The monoisotopic (exact) mass is 265 g/mol. The molecule has 1 heterocycles. The van der Waals surface area contributed by atoms with E-state index in [0.717, 1.165) is 0 Å². The van der Waals surface area contributed by atoms with Gasteiger partial charge < -0.3 is 9.84 Å². The van der Waals surface area contributed by atoms with Crippen molar-refractivity contribution in [2.45, 2.75) is 19.9 Å². The summed E-state index contributed by atoms with van der Waals surface area (Å²) in [7, 11) is 1.58. The molecular weight excluding hydrogens is 250 g/mol. The van der Waals surface area contributed by atoms with Crippen molar-refractivity contribution in [1.82, 2.24) is 14.8 Å². The second kappa shape index (κ2) is 4.81. The van der Waals surface area contributed by atoms with Crippen LogP contribution in [-0.2, 0) is 0 Å². The summed E-state index contributed by atoms with van der Waals surface area (Å²) in [6.07, 6.45) is 0. The Morgan fingerprint density at radius 1 is 1.44 bits per heavy atom. The van der Waals surface area contributed by atoms with Crippen molar-refractivity contribution in [3.8, 4) is 22.9 Å². The standard InChI is InChI=1S/C12H15N3O2S/c1-7(2)15-11(13-14-12(15)18)9-6-8(17-3)4-5-10(9)16/h4-7,16H,1-3H3,(H,14,18). The Bertz CT molecular complexity index is 616. The first-order chi connectivity index (χ1) is 8.54. The van der Waals surface area contributed by atoms with Gasteiger partial charge in [0.15, 0.2) is 10.6 Å². The summed E-state index contributed by atoms with van der Waals surface area (Å²) in [5.74, 6) is 1.41. The lowest BCUT2D eigenvalue weighted by atomic mass is 10.1. The summed E-state index contributed by atoms with van der Waals surface area (Å²) in [6, 6.07) is 5.16. The number of nitrogens with zero attached hydrogens (tertiary/aromatic N) is 2. The number of benzene rings is 1. The summed E-state index contributed by atoms with van der Waals surface area (Å²) in [5, 5.41) is 16.9. The number of aromatic hydroxyl groups is 1. The van der Waals surface area contributed by atoms with Crippen LogP contribution in [0.5, 0.6) is 11.5 Å². The zero-order valence-corrected chi connectivity index (χ0v) is 11.3. The van der Waals surface area contributed by atoms with Gasteiger partial charge in [-0.25, -0.2) is 0 Å². The molecule has 0 aliphatic rings. The molecule has 0 atom stereocenters.